The summed E-state index contributed by atoms with van der Waals surface area (Å²) < 4.78 is 0. The molecule has 0 radical (unpaired) electrons. The van der Waals surface area contributed by atoms with E-state index in [0.29, 0.717) is 0 Å². The van der Waals surface area contributed by atoms with Gasteiger partial charge in [0.15, 0.2) is 0 Å². The first-order chi connectivity index (χ1) is 11.1. The molecule has 2 saturated carbocycles. The zero-order valence-corrected chi connectivity index (χ0v) is 13.0. The van der Waals surface area contributed by atoms with Crippen LogP contribution in [0.2, 0.25) is 0 Å². The van der Waals surface area contributed by atoms with Gasteiger partial charge < -0.3 is 0 Å². The molecule has 0 N–H and O–H groups in total. The van der Waals surface area contributed by atoms with Crippen LogP contribution in [0.15, 0.2) is 41.5 Å². The fraction of sp³-hybridized carbons (Fsp3) is 0.421. The van der Waals surface area contributed by atoms with Crippen LogP contribution in [-0.2, 0) is 9.59 Å². The molecule has 4 heteroatoms. The SMILES string of the molecule is Cc1ccc(/C=N\N2C(=O)[C@H]3[C@H](C2=O)[C@H]2C=C[C@H]3C23CC3)cc1. The minimum absolute atomic E-state index is 0.105. The summed E-state index contributed by atoms with van der Waals surface area (Å²) in [5, 5.41) is 5.34. The lowest BCUT2D eigenvalue weighted by Crippen LogP contribution is -2.30. The Bertz CT molecular complexity index is 739. The Labute approximate surface area is 134 Å². The van der Waals surface area contributed by atoms with E-state index in [-0.39, 0.29) is 40.9 Å². The molecule has 1 aliphatic heterocycles. The Hall–Kier alpha value is -2.23. The number of aryl methyl sites for hydroxylation is 1. The van der Waals surface area contributed by atoms with E-state index in [9.17, 15) is 9.59 Å². The van der Waals surface area contributed by atoms with Crippen LogP contribution in [0.25, 0.3) is 0 Å². The molecule has 2 amide bonds. The molecule has 4 atom stereocenters. The molecular weight excluding hydrogens is 288 g/mol. The highest BCUT2D eigenvalue weighted by Gasteiger charge is 2.73. The van der Waals surface area contributed by atoms with Crippen molar-refractivity contribution in [3.05, 3.63) is 47.5 Å². The molecular formula is C19H18N2O2. The summed E-state index contributed by atoms with van der Waals surface area (Å²) in [7, 11) is 0. The molecule has 23 heavy (non-hydrogen) atoms. The highest BCUT2D eigenvalue weighted by atomic mass is 16.2. The number of hydrazone groups is 1. The molecule has 3 aliphatic carbocycles. The maximum Gasteiger partial charge on any atom is 0.254 e. The number of amides is 2. The lowest BCUT2D eigenvalue weighted by atomic mass is 9.85. The summed E-state index contributed by atoms with van der Waals surface area (Å²) in [4.78, 5) is 25.5. The van der Waals surface area contributed by atoms with Crippen molar-refractivity contribution in [2.24, 2.45) is 34.2 Å². The van der Waals surface area contributed by atoms with Gasteiger partial charge in [-0.1, -0.05) is 42.0 Å². The second kappa shape index (κ2) is 4.19. The van der Waals surface area contributed by atoms with Crippen molar-refractivity contribution in [3.63, 3.8) is 0 Å². The van der Waals surface area contributed by atoms with Gasteiger partial charge >= 0.3 is 0 Å². The Balaban J connectivity index is 1.43. The number of rotatable bonds is 2. The highest BCUT2D eigenvalue weighted by molar-refractivity contribution is 6.07. The van der Waals surface area contributed by atoms with Gasteiger partial charge in [-0.3, -0.25) is 9.59 Å². The van der Waals surface area contributed by atoms with E-state index < -0.39 is 0 Å². The predicted molar refractivity (Wildman–Crippen MR) is 85.4 cm³/mol. The molecule has 2 bridgehead atoms. The second-order valence-electron chi connectivity index (χ2n) is 7.36. The van der Waals surface area contributed by atoms with Crippen LogP contribution < -0.4 is 0 Å². The molecule has 116 valence electrons. The molecule has 0 aromatic heterocycles. The molecule has 1 saturated heterocycles. The van der Waals surface area contributed by atoms with Crippen LogP contribution in [0, 0.1) is 36.0 Å². The molecule has 1 aromatic carbocycles. The number of carbonyl (C=O) groups is 2. The fourth-order valence-corrected chi connectivity index (χ4v) is 4.95. The van der Waals surface area contributed by atoms with Crippen LogP contribution in [0.1, 0.15) is 24.0 Å². The van der Waals surface area contributed by atoms with Gasteiger partial charge in [-0.15, -0.1) is 0 Å². The average molecular weight is 306 g/mol. The van der Waals surface area contributed by atoms with E-state index in [0.717, 1.165) is 23.4 Å². The number of hydrogen-bond acceptors (Lipinski definition) is 3. The molecule has 1 spiro atoms. The van der Waals surface area contributed by atoms with Crippen LogP contribution in [0.4, 0.5) is 0 Å². The van der Waals surface area contributed by atoms with E-state index in [1.807, 2.05) is 31.2 Å². The zero-order valence-electron chi connectivity index (χ0n) is 13.0. The maximum absolute atomic E-state index is 12.7. The topological polar surface area (TPSA) is 49.7 Å². The number of fused-ring (bicyclic) bond motifs is 3. The molecule has 1 aromatic rings. The second-order valence-corrected chi connectivity index (χ2v) is 7.36. The summed E-state index contributed by atoms with van der Waals surface area (Å²) in [5.74, 6) is -0.0367. The van der Waals surface area contributed by atoms with Gasteiger partial charge in [-0.25, -0.2) is 0 Å². The monoisotopic (exact) mass is 306 g/mol. The molecule has 1 heterocycles. The molecule has 5 rings (SSSR count). The van der Waals surface area contributed by atoms with Gasteiger partial charge in [-0.05, 0) is 42.6 Å². The number of nitrogens with zero attached hydrogens (tertiary/aromatic N) is 2. The third-order valence-electron chi connectivity index (χ3n) is 6.23. The van der Waals surface area contributed by atoms with E-state index in [4.69, 9.17) is 0 Å². The number of imide groups is 1. The summed E-state index contributed by atoms with van der Waals surface area (Å²) in [6.07, 6.45) is 8.29. The maximum atomic E-state index is 12.7. The summed E-state index contributed by atoms with van der Waals surface area (Å²) in [6, 6.07) is 7.86. The van der Waals surface area contributed by atoms with Gasteiger partial charge in [0.25, 0.3) is 11.8 Å². The summed E-state index contributed by atoms with van der Waals surface area (Å²) in [5.41, 5.74) is 2.31. The lowest BCUT2D eigenvalue weighted by Gasteiger charge is -2.18. The third kappa shape index (κ3) is 1.58. The van der Waals surface area contributed by atoms with Gasteiger partial charge in [0.1, 0.15) is 0 Å². The van der Waals surface area contributed by atoms with Crippen LogP contribution >= 0.6 is 0 Å². The number of benzene rings is 1. The van der Waals surface area contributed by atoms with Crippen LogP contribution in [-0.4, -0.2) is 23.0 Å². The van der Waals surface area contributed by atoms with Gasteiger partial charge in [-0.2, -0.15) is 10.1 Å². The minimum Gasteiger partial charge on any atom is -0.272 e. The molecule has 3 fully saturated rings. The first-order valence-corrected chi connectivity index (χ1v) is 8.29. The lowest BCUT2D eigenvalue weighted by molar-refractivity contribution is -0.141. The van der Waals surface area contributed by atoms with E-state index in [1.165, 1.54) is 5.56 Å². The zero-order chi connectivity index (χ0) is 15.8. The van der Waals surface area contributed by atoms with Gasteiger partial charge in [0.05, 0.1) is 18.1 Å². The quantitative estimate of drug-likeness (QED) is 0.479. The summed E-state index contributed by atoms with van der Waals surface area (Å²) >= 11 is 0. The van der Waals surface area contributed by atoms with Crippen LogP contribution in [0.5, 0.6) is 0 Å². The van der Waals surface area contributed by atoms with Crippen molar-refractivity contribution < 1.29 is 9.59 Å². The first-order valence-electron chi connectivity index (χ1n) is 8.29. The highest BCUT2D eigenvalue weighted by Crippen LogP contribution is 2.73. The van der Waals surface area contributed by atoms with Crippen molar-refractivity contribution in [3.8, 4) is 0 Å². The van der Waals surface area contributed by atoms with Crippen molar-refractivity contribution in [2.75, 3.05) is 0 Å². The predicted octanol–water partition coefficient (Wildman–Crippen LogP) is 2.53. The van der Waals surface area contributed by atoms with Crippen molar-refractivity contribution in [2.45, 2.75) is 19.8 Å². The first kappa shape index (κ1) is 13.2. The normalized spacial score (nSPS) is 35.8. The molecule has 4 nitrogen and oxygen atoms in total. The molecule has 0 unspecified atom stereocenters. The number of hydrogen-bond donors (Lipinski definition) is 0. The van der Waals surface area contributed by atoms with E-state index in [2.05, 4.69) is 17.3 Å². The van der Waals surface area contributed by atoms with Crippen molar-refractivity contribution >= 4 is 18.0 Å². The van der Waals surface area contributed by atoms with E-state index >= 15 is 0 Å². The Kier molecular flexibility index (Phi) is 2.41. The minimum atomic E-state index is -0.171. The summed E-state index contributed by atoms with van der Waals surface area (Å²) in [6.45, 7) is 2.02. The van der Waals surface area contributed by atoms with E-state index in [1.54, 1.807) is 6.21 Å². The van der Waals surface area contributed by atoms with Crippen LogP contribution in [0.3, 0.4) is 0 Å². The largest absolute Gasteiger partial charge is 0.272 e. The fourth-order valence-electron chi connectivity index (χ4n) is 4.95. The smallest absolute Gasteiger partial charge is 0.254 e. The molecule has 4 aliphatic rings. The van der Waals surface area contributed by atoms with Gasteiger partial charge in [0.2, 0.25) is 0 Å². The third-order valence-corrected chi connectivity index (χ3v) is 6.23. The standard InChI is InChI=1S/C19H18N2O2/c1-11-2-4-12(5-3-11)10-20-21-17(22)15-13-6-7-14(16(15)18(21)23)19(13)8-9-19/h2-7,10,13-16H,8-9H2,1H3/b20-10-/t13-,14-,15-,16-/m1/s1. The Morgan fingerprint density at radius 2 is 1.61 bits per heavy atom. The van der Waals surface area contributed by atoms with Crippen molar-refractivity contribution in [1.82, 2.24) is 5.01 Å². The number of carbonyl (C=O) groups excluding carboxylic acids is 2. The number of allylic oxidation sites excluding steroid dienone is 2. The average Bonchev–Trinajstić information content (AvgIpc) is 3.15. The van der Waals surface area contributed by atoms with Crippen molar-refractivity contribution in [1.29, 1.82) is 0 Å². The van der Waals surface area contributed by atoms with Gasteiger partial charge in [0, 0.05) is 0 Å². The Morgan fingerprint density at radius 1 is 1.04 bits per heavy atom. The Morgan fingerprint density at radius 3 is 2.13 bits per heavy atom.